The highest BCUT2D eigenvalue weighted by Gasteiger charge is 2.31. The van der Waals surface area contributed by atoms with Gasteiger partial charge in [0.15, 0.2) is 0 Å². The third kappa shape index (κ3) is 3.49. The zero-order valence-corrected chi connectivity index (χ0v) is 13.7. The number of anilines is 1. The smallest absolute Gasteiger partial charge is 0.238 e. The van der Waals surface area contributed by atoms with Gasteiger partial charge in [0.1, 0.15) is 0 Å². The molecule has 0 aliphatic carbocycles. The Balaban J connectivity index is 1.67. The van der Waals surface area contributed by atoms with Gasteiger partial charge in [-0.15, -0.1) is 11.8 Å². The summed E-state index contributed by atoms with van der Waals surface area (Å²) in [5.74, 6) is 1.92. The van der Waals surface area contributed by atoms with Crippen LogP contribution >= 0.6 is 35.1 Å². The minimum absolute atomic E-state index is 0.0698. The number of hydrogen-bond acceptors (Lipinski definition) is 4. The van der Waals surface area contributed by atoms with Crippen molar-refractivity contribution < 1.29 is 9.59 Å². The first kappa shape index (κ1) is 15.1. The third-order valence-electron chi connectivity index (χ3n) is 3.48. The number of nitrogens with zero attached hydrogens (tertiary/aromatic N) is 1. The third-order valence-corrected chi connectivity index (χ3v) is 5.94. The zero-order valence-electron chi connectivity index (χ0n) is 11.3. The molecule has 0 bridgehead atoms. The molecule has 0 aromatic heterocycles. The summed E-state index contributed by atoms with van der Waals surface area (Å²) in [5, 5.41) is 3.07. The summed E-state index contributed by atoms with van der Waals surface area (Å²) >= 11 is 9.23. The Bertz CT molecular complexity index is 576. The average molecular weight is 343 g/mol. The van der Waals surface area contributed by atoms with Gasteiger partial charge in [0.25, 0.3) is 0 Å². The molecule has 1 fully saturated rings. The quantitative estimate of drug-likeness (QED) is 0.897. The van der Waals surface area contributed by atoms with Crippen LogP contribution in [-0.4, -0.2) is 46.6 Å². The van der Waals surface area contributed by atoms with Gasteiger partial charge in [-0.05, 0) is 18.2 Å². The van der Waals surface area contributed by atoms with E-state index < -0.39 is 0 Å². The molecule has 21 heavy (non-hydrogen) atoms. The van der Waals surface area contributed by atoms with E-state index in [4.69, 9.17) is 11.6 Å². The summed E-state index contributed by atoms with van der Waals surface area (Å²) in [7, 11) is 0. The van der Waals surface area contributed by atoms with Crippen molar-refractivity contribution >= 4 is 52.6 Å². The molecule has 2 aliphatic rings. The Morgan fingerprint density at radius 3 is 2.90 bits per heavy atom. The lowest BCUT2D eigenvalue weighted by molar-refractivity contribution is -0.132. The van der Waals surface area contributed by atoms with Crippen LogP contribution in [0.25, 0.3) is 0 Å². The number of fused-ring (bicyclic) bond motifs is 1. The molecule has 112 valence electrons. The van der Waals surface area contributed by atoms with Gasteiger partial charge in [-0.25, -0.2) is 0 Å². The molecule has 7 heteroatoms. The minimum Gasteiger partial charge on any atom is -0.341 e. The summed E-state index contributed by atoms with van der Waals surface area (Å²) in [6, 6.07) is 5.42. The average Bonchev–Trinajstić information content (AvgIpc) is 2.49. The number of thioether (sulfide) groups is 2. The lowest BCUT2D eigenvalue weighted by Crippen LogP contribution is -2.41. The van der Waals surface area contributed by atoms with Crippen molar-refractivity contribution in [2.45, 2.75) is 16.6 Å². The molecule has 0 saturated carbocycles. The fourth-order valence-electron chi connectivity index (χ4n) is 2.36. The number of carbonyl (C=O) groups excluding carboxylic acids is 2. The number of benzene rings is 1. The van der Waals surface area contributed by atoms with Crippen molar-refractivity contribution in [2.75, 3.05) is 29.9 Å². The Hall–Kier alpha value is -0.850. The van der Waals surface area contributed by atoms with Crippen LogP contribution in [0.3, 0.4) is 0 Å². The van der Waals surface area contributed by atoms with Gasteiger partial charge in [-0.1, -0.05) is 11.6 Å². The first-order chi connectivity index (χ1) is 10.1. The highest BCUT2D eigenvalue weighted by Crippen LogP contribution is 2.38. The maximum Gasteiger partial charge on any atom is 0.238 e. The number of halogens is 1. The first-order valence-corrected chi connectivity index (χ1v) is 9.17. The fourth-order valence-corrected chi connectivity index (χ4v) is 4.51. The first-order valence-electron chi connectivity index (χ1n) is 6.76. The molecule has 3 rings (SSSR count). The van der Waals surface area contributed by atoms with Crippen LogP contribution in [-0.2, 0) is 9.59 Å². The minimum atomic E-state index is -0.360. The van der Waals surface area contributed by atoms with E-state index in [1.165, 1.54) is 11.8 Å². The van der Waals surface area contributed by atoms with Gasteiger partial charge in [0.2, 0.25) is 11.8 Å². The molecule has 1 aromatic rings. The Kier molecular flexibility index (Phi) is 4.66. The number of nitrogens with one attached hydrogen (secondary N) is 1. The van der Waals surface area contributed by atoms with Crippen molar-refractivity contribution in [1.29, 1.82) is 0 Å². The lowest BCUT2D eigenvalue weighted by atomic mass is 10.2. The number of carbonyl (C=O) groups is 2. The van der Waals surface area contributed by atoms with Crippen molar-refractivity contribution in [3.8, 4) is 0 Å². The molecule has 4 nitrogen and oxygen atoms in total. The summed E-state index contributed by atoms with van der Waals surface area (Å²) in [6.07, 6.45) is 0.253. The van der Waals surface area contributed by atoms with E-state index in [9.17, 15) is 9.59 Å². The topological polar surface area (TPSA) is 49.4 Å². The van der Waals surface area contributed by atoms with E-state index in [0.29, 0.717) is 5.02 Å². The second kappa shape index (κ2) is 6.50. The second-order valence-corrected chi connectivity index (χ2v) is 7.84. The molecule has 2 amide bonds. The molecule has 2 aliphatic heterocycles. The van der Waals surface area contributed by atoms with Gasteiger partial charge in [0.05, 0.1) is 10.9 Å². The summed E-state index contributed by atoms with van der Waals surface area (Å²) in [6.45, 7) is 1.57. The summed E-state index contributed by atoms with van der Waals surface area (Å²) in [4.78, 5) is 27.2. The maximum atomic E-state index is 12.3. The van der Waals surface area contributed by atoms with E-state index in [1.54, 1.807) is 12.1 Å². The molecular formula is C14H15ClN2O2S2. The number of amides is 2. The van der Waals surface area contributed by atoms with Crippen molar-refractivity contribution in [1.82, 2.24) is 4.90 Å². The lowest BCUT2D eigenvalue weighted by Gasteiger charge is -2.29. The van der Waals surface area contributed by atoms with Crippen LogP contribution in [0.1, 0.15) is 6.42 Å². The Morgan fingerprint density at radius 2 is 2.14 bits per heavy atom. The molecule has 1 saturated heterocycles. The molecular weight excluding hydrogens is 328 g/mol. The van der Waals surface area contributed by atoms with Crippen LogP contribution in [0.2, 0.25) is 5.02 Å². The second-order valence-electron chi connectivity index (χ2n) is 4.93. The highest BCUT2D eigenvalue weighted by atomic mass is 35.5. The van der Waals surface area contributed by atoms with Gasteiger partial charge in [-0.2, -0.15) is 11.8 Å². The van der Waals surface area contributed by atoms with E-state index in [-0.39, 0.29) is 23.5 Å². The normalized spacial score (nSPS) is 21.7. The summed E-state index contributed by atoms with van der Waals surface area (Å²) in [5.41, 5.74) is 0.732. The molecule has 0 unspecified atom stereocenters. The monoisotopic (exact) mass is 342 g/mol. The van der Waals surface area contributed by atoms with Gasteiger partial charge >= 0.3 is 0 Å². The van der Waals surface area contributed by atoms with Crippen LogP contribution in [0.4, 0.5) is 5.69 Å². The number of rotatable bonds is 2. The predicted molar refractivity (Wildman–Crippen MR) is 88.2 cm³/mol. The van der Waals surface area contributed by atoms with Crippen LogP contribution in [0.5, 0.6) is 0 Å². The highest BCUT2D eigenvalue weighted by molar-refractivity contribution is 8.01. The Morgan fingerprint density at radius 1 is 1.38 bits per heavy atom. The molecule has 1 aromatic carbocycles. The largest absolute Gasteiger partial charge is 0.341 e. The van der Waals surface area contributed by atoms with Gasteiger partial charge in [0, 0.05) is 40.9 Å². The van der Waals surface area contributed by atoms with Crippen LogP contribution in [0, 0.1) is 0 Å². The van der Waals surface area contributed by atoms with E-state index in [0.717, 1.165) is 35.2 Å². The van der Waals surface area contributed by atoms with Gasteiger partial charge in [-0.3, -0.25) is 9.59 Å². The SMILES string of the molecule is O=C1Nc2cc(Cl)ccc2S[C@@H]1CC(=O)N1CCSCC1. The molecule has 2 heterocycles. The molecule has 1 N–H and O–H groups in total. The molecule has 0 spiro atoms. The fraction of sp³-hybridized carbons (Fsp3) is 0.429. The predicted octanol–water partition coefficient (Wildman–Crippen LogP) is 2.72. The van der Waals surface area contributed by atoms with Crippen LogP contribution in [0.15, 0.2) is 23.1 Å². The van der Waals surface area contributed by atoms with Crippen molar-refractivity contribution in [3.63, 3.8) is 0 Å². The van der Waals surface area contributed by atoms with Crippen LogP contribution < -0.4 is 5.32 Å². The van der Waals surface area contributed by atoms with E-state index in [2.05, 4.69) is 5.32 Å². The standard InChI is InChI=1S/C14H15ClN2O2S2/c15-9-1-2-11-10(7-9)16-14(19)12(21-11)8-13(18)17-3-5-20-6-4-17/h1-2,7,12H,3-6,8H2,(H,16,19)/t12-/m1/s1. The van der Waals surface area contributed by atoms with Gasteiger partial charge < -0.3 is 10.2 Å². The van der Waals surface area contributed by atoms with Crippen molar-refractivity contribution in [3.05, 3.63) is 23.2 Å². The van der Waals surface area contributed by atoms with E-state index >= 15 is 0 Å². The van der Waals surface area contributed by atoms with Crippen molar-refractivity contribution in [2.24, 2.45) is 0 Å². The Labute approximate surface area is 137 Å². The zero-order chi connectivity index (χ0) is 14.8. The van der Waals surface area contributed by atoms with E-state index in [1.807, 2.05) is 22.7 Å². The maximum absolute atomic E-state index is 12.3. The molecule has 1 atom stereocenters. The summed E-state index contributed by atoms with van der Waals surface area (Å²) < 4.78 is 0. The number of hydrogen-bond donors (Lipinski definition) is 1. The molecule has 0 radical (unpaired) electrons.